The number of hydrogen-bond donors (Lipinski definition) is 2. The summed E-state index contributed by atoms with van der Waals surface area (Å²) in [6.07, 6.45) is 0. The van der Waals surface area contributed by atoms with E-state index in [9.17, 15) is 12.8 Å². The fourth-order valence-electron chi connectivity index (χ4n) is 1.91. The maximum atomic E-state index is 13.2. The van der Waals surface area contributed by atoms with Gasteiger partial charge in [0.1, 0.15) is 5.82 Å². The van der Waals surface area contributed by atoms with Gasteiger partial charge in [-0.15, -0.1) is 0 Å². The van der Waals surface area contributed by atoms with Crippen molar-refractivity contribution >= 4 is 15.7 Å². The van der Waals surface area contributed by atoms with Crippen molar-refractivity contribution in [1.82, 2.24) is 0 Å². The fourth-order valence-corrected chi connectivity index (χ4v) is 3.10. The van der Waals surface area contributed by atoms with Crippen molar-refractivity contribution in [2.24, 2.45) is 5.73 Å². The van der Waals surface area contributed by atoms with E-state index in [1.165, 1.54) is 18.2 Å². The minimum Gasteiger partial charge on any atom is -0.326 e. The van der Waals surface area contributed by atoms with Gasteiger partial charge < -0.3 is 5.73 Å². The Balaban J connectivity index is 2.12. The highest BCUT2D eigenvalue weighted by atomic mass is 32.2. The second-order valence-electron chi connectivity index (χ2n) is 4.85. The minimum absolute atomic E-state index is 0.145. The molecule has 0 unspecified atom stereocenters. The maximum absolute atomic E-state index is 13.2. The number of rotatable bonds is 5. The summed E-state index contributed by atoms with van der Waals surface area (Å²) in [6, 6.07) is 11.2. The molecule has 0 aliphatic carbocycles. The number of benzene rings is 2. The summed E-state index contributed by atoms with van der Waals surface area (Å²) in [5.74, 6) is -0.510. The van der Waals surface area contributed by atoms with E-state index >= 15 is 0 Å². The molecule has 0 saturated heterocycles. The zero-order valence-electron chi connectivity index (χ0n) is 11.6. The first-order chi connectivity index (χ1) is 9.89. The van der Waals surface area contributed by atoms with Gasteiger partial charge in [0.15, 0.2) is 0 Å². The number of hydrogen-bond acceptors (Lipinski definition) is 3. The zero-order chi connectivity index (χ0) is 15.5. The molecule has 21 heavy (non-hydrogen) atoms. The molecule has 0 aromatic heterocycles. The molecule has 0 fully saturated rings. The van der Waals surface area contributed by atoms with Crippen molar-refractivity contribution in [3.63, 3.8) is 0 Å². The van der Waals surface area contributed by atoms with Gasteiger partial charge in [-0.3, -0.25) is 4.72 Å². The maximum Gasteiger partial charge on any atom is 0.236 e. The lowest BCUT2D eigenvalue weighted by molar-refractivity contribution is 0.600. The van der Waals surface area contributed by atoms with Crippen LogP contribution >= 0.6 is 0 Å². The molecule has 0 amide bonds. The third-order valence-electron chi connectivity index (χ3n) is 3.05. The highest BCUT2D eigenvalue weighted by Gasteiger charge is 2.12. The quantitative estimate of drug-likeness (QED) is 0.891. The Kier molecular flexibility index (Phi) is 4.59. The minimum atomic E-state index is -3.54. The van der Waals surface area contributed by atoms with E-state index in [4.69, 9.17) is 5.73 Å². The average Bonchev–Trinajstić information content (AvgIpc) is 2.43. The first kappa shape index (κ1) is 15.5. The van der Waals surface area contributed by atoms with Crippen molar-refractivity contribution in [3.8, 4) is 0 Å². The lowest BCUT2D eigenvalue weighted by Gasteiger charge is -2.09. The summed E-state index contributed by atoms with van der Waals surface area (Å²) < 4.78 is 39.8. The van der Waals surface area contributed by atoms with Crippen molar-refractivity contribution in [2.75, 3.05) is 4.72 Å². The summed E-state index contributed by atoms with van der Waals surface area (Å²) in [5, 5.41) is 0. The predicted molar refractivity (Wildman–Crippen MR) is 81.7 cm³/mol. The standard InChI is InChI=1S/C15H17FN2O2S/c1-11-8-14(6-7-15(11)16)18-21(19,20)10-13-4-2-12(9-17)3-5-13/h2-8,18H,9-10,17H2,1H3. The second kappa shape index (κ2) is 6.24. The van der Waals surface area contributed by atoms with Gasteiger partial charge in [0.05, 0.1) is 5.75 Å². The Bertz CT molecular complexity index is 728. The molecule has 0 radical (unpaired) electrons. The molecule has 0 spiro atoms. The fraction of sp³-hybridized carbons (Fsp3) is 0.200. The Labute approximate surface area is 123 Å². The molecule has 0 bridgehead atoms. The van der Waals surface area contributed by atoms with Gasteiger partial charge in [-0.1, -0.05) is 24.3 Å². The highest BCUT2D eigenvalue weighted by molar-refractivity contribution is 7.91. The lowest BCUT2D eigenvalue weighted by Crippen LogP contribution is -2.15. The summed E-state index contributed by atoms with van der Waals surface area (Å²) in [5.41, 5.74) is 7.85. The van der Waals surface area contributed by atoms with Crippen LogP contribution in [0.5, 0.6) is 0 Å². The number of anilines is 1. The SMILES string of the molecule is Cc1cc(NS(=O)(=O)Cc2ccc(CN)cc2)ccc1F. The number of nitrogens with one attached hydrogen (secondary N) is 1. The van der Waals surface area contributed by atoms with Crippen LogP contribution in [-0.4, -0.2) is 8.42 Å². The van der Waals surface area contributed by atoms with Crippen LogP contribution in [-0.2, 0) is 22.3 Å². The molecule has 4 nitrogen and oxygen atoms in total. The van der Waals surface area contributed by atoms with Gasteiger partial charge >= 0.3 is 0 Å². The summed E-state index contributed by atoms with van der Waals surface area (Å²) >= 11 is 0. The molecular weight excluding hydrogens is 291 g/mol. The van der Waals surface area contributed by atoms with Gasteiger partial charge in [-0.2, -0.15) is 0 Å². The Morgan fingerprint density at radius 2 is 1.71 bits per heavy atom. The van der Waals surface area contributed by atoms with E-state index in [2.05, 4.69) is 4.72 Å². The van der Waals surface area contributed by atoms with Crippen molar-refractivity contribution in [2.45, 2.75) is 19.2 Å². The first-order valence-electron chi connectivity index (χ1n) is 6.44. The summed E-state index contributed by atoms with van der Waals surface area (Å²) in [7, 11) is -3.54. The molecule has 3 N–H and O–H groups in total. The molecule has 0 aliphatic heterocycles. The van der Waals surface area contributed by atoms with Gasteiger partial charge in [0, 0.05) is 12.2 Å². The normalized spacial score (nSPS) is 11.4. The third-order valence-corrected chi connectivity index (χ3v) is 4.31. The number of aryl methyl sites for hydroxylation is 1. The van der Waals surface area contributed by atoms with Gasteiger partial charge in [-0.05, 0) is 41.8 Å². The van der Waals surface area contributed by atoms with Crippen LogP contribution < -0.4 is 10.5 Å². The number of halogens is 1. The molecule has 6 heteroatoms. The van der Waals surface area contributed by atoms with Crippen LogP contribution in [0.4, 0.5) is 10.1 Å². The van der Waals surface area contributed by atoms with E-state index < -0.39 is 10.0 Å². The van der Waals surface area contributed by atoms with Crippen molar-refractivity contribution in [3.05, 3.63) is 65.0 Å². The Morgan fingerprint density at radius 3 is 2.29 bits per heavy atom. The van der Waals surface area contributed by atoms with Gasteiger partial charge in [-0.25, -0.2) is 12.8 Å². The monoisotopic (exact) mass is 308 g/mol. The van der Waals surface area contributed by atoms with Gasteiger partial charge in [0.25, 0.3) is 0 Å². The van der Waals surface area contributed by atoms with E-state index in [1.807, 2.05) is 0 Å². The van der Waals surface area contributed by atoms with Crippen molar-refractivity contribution < 1.29 is 12.8 Å². The van der Waals surface area contributed by atoms with Crippen LogP contribution in [0.15, 0.2) is 42.5 Å². The Hall–Kier alpha value is -1.92. The molecule has 0 atom stereocenters. The van der Waals surface area contributed by atoms with Crippen LogP contribution in [0.2, 0.25) is 0 Å². The molecule has 2 aromatic carbocycles. The van der Waals surface area contributed by atoms with Crippen LogP contribution in [0.3, 0.4) is 0 Å². The van der Waals surface area contributed by atoms with E-state index in [0.29, 0.717) is 23.4 Å². The number of nitrogens with two attached hydrogens (primary N) is 1. The predicted octanol–water partition coefficient (Wildman–Crippen LogP) is 2.53. The molecule has 0 saturated carbocycles. The largest absolute Gasteiger partial charge is 0.326 e. The third kappa shape index (κ3) is 4.27. The molecule has 0 heterocycles. The van der Waals surface area contributed by atoms with Crippen LogP contribution in [0.25, 0.3) is 0 Å². The first-order valence-corrected chi connectivity index (χ1v) is 8.09. The molecular formula is C15H17FN2O2S. The number of sulfonamides is 1. The molecule has 2 aromatic rings. The zero-order valence-corrected chi connectivity index (χ0v) is 12.5. The van der Waals surface area contributed by atoms with E-state index in [-0.39, 0.29) is 11.6 Å². The van der Waals surface area contributed by atoms with Crippen molar-refractivity contribution in [1.29, 1.82) is 0 Å². The topological polar surface area (TPSA) is 72.2 Å². The highest BCUT2D eigenvalue weighted by Crippen LogP contribution is 2.17. The smallest absolute Gasteiger partial charge is 0.236 e. The van der Waals surface area contributed by atoms with Crippen LogP contribution in [0.1, 0.15) is 16.7 Å². The lowest BCUT2D eigenvalue weighted by atomic mass is 10.1. The van der Waals surface area contributed by atoms with E-state index in [1.54, 1.807) is 31.2 Å². The van der Waals surface area contributed by atoms with E-state index in [0.717, 1.165) is 5.56 Å². The second-order valence-corrected chi connectivity index (χ2v) is 6.57. The average molecular weight is 308 g/mol. The molecule has 112 valence electrons. The van der Waals surface area contributed by atoms with Gasteiger partial charge in [0.2, 0.25) is 10.0 Å². The summed E-state index contributed by atoms with van der Waals surface area (Å²) in [6.45, 7) is 2.00. The Morgan fingerprint density at radius 1 is 1.10 bits per heavy atom. The summed E-state index contributed by atoms with van der Waals surface area (Å²) in [4.78, 5) is 0. The molecule has 0 aliphatic rings. The molecule has 2 rings (SSSR count). The van der Waals surface area contributed by atoms with Crippen LogP contribution in [0, 0.1) is 12.7 Å².